The minimum absolute atomic E-state index is 0.0336. The largest absolute Gasteiger partial charge is 0.383 e. The van der Waals surface area contributed by atoms with Gasteiger partial charge in [-0.25, -0.2) is 0 Å². The van der Waals surface area contributed by atoms with Crippen LogP contribution in [0.15, 0.2) is 18.5 Å². The molecule has 3 rings (SSSR count). The summed E-state index contributed by atoms with van der Waals surface area (Å²) in [6.45, 7) is 2.42. The Morgan fingerprint density at radius 3 is 2.92 bits per heavy atom. The van der Waals surface area contributed by atoms with Crippen molar-refractivity contribution in [2.75, 3.05) is 33.4 Å². The number of ether oxygens (including phenoxy) is 1. The second kappa shape index (κ2) is 7.25. The van der Waals surface area contributed by atoms with Crippen LogP contribution < -0.4 is 0 Å². The monoisotopic (exact) mass is 332 g/mol. The maximum atomic E-state index is 12.8. The molecular formula is C17H24N4O3. The van der Waals surface area contributed by atoms with Crippen LogP contribution in [0.5, 0.6) is 0 Å². The average Bonchev–Trinajstić information content (AvgIpc) is 2.62. The van der Waals surface area contributed by atoms with Gasteiger partial charge in [0.1, 0.15) is 0 Å². The van der Waals surface area contributed by atoms with E-state index in [2.05, 4.69) is 10.2 Å². The number of methoxy groups -OCH3 is 1. The molecule has 1 spiro atoms. The van der Waals surface area contributed by atoms with Crippen LogP contribution in [0.25, 0.3) is 0 Å². The van der Waals surface area contributed by atoms with Gasteiger partial charge in [0.05, 0.1) is 30.1 Å². The van der Waals surface area contributed by atoms with Crippen molar-refractivity contribution in [2.45, 2.75) is 37.6 Å². The number of likely N-dealkylation sites (tertiary alicyclic amines) is 2. The number of hydrogen-bond acceptors (Lipinski definition) is 5. The topological polar surface area (TPSA) is 75.6 Å². The van der Waals surface area contributed by atoms with Crippen LogP contribution in [0, 0.1) is 0 Å². The maximum Gasteiger partial charge on any atom is 0.255 e. The molecule has 0 aliphatic carbocycles. The highest BCUT2D eigenvalue weighted by Gasteiger charge is 2.45. The summed E-state index contributed by atoms with van der Waals surface area (Å²) in [5.41, 5.74) is 0.301. The highest BCUT2D eigenvalue weighted by molar-refractivity contribution is 5.94. The van der Waals surface area contributed by atoms with E-state index >= 15 is 0 Å². The molecule has 1 atom stereocenters. The van der Waals surface area contributed by atoms with Crippen molar-refractivity contribution in [3.8, 4) is 0 Å². The molecule has 3 heterocycles. The van der Waals surface area contributed by atoms with Gasteiger partial charge in [-0.3, -0.25) is 9.59 Å². The lowest BCUT2D eigenvalue weighted by molar-refractivity contribution is -0.146. The van der Waals surface area contributed by atoms with E-state index in [0.29, 0.717) is 31.7 Å². The molecule has 7 nitrogen and oxygen atoms in total. The van der Waals surface area contributed by atoms with Crippen LogP contribution in [-0.2, 0) is 9.53 Å². The van der Waals surface area contributed by atoms with Gasteiger partial charge in [-0.15, -0.1) is 0 Å². The summed E-state index contributed by atoms with van der Waals surface area (Å²) in [6.07, 6.45) is 7.30. The van der Waals surface area contributed by atoms with E-state index in [0.717, 1.165) is 32.2 Å². The Hall–Kier alpha value is -2.02. The third-order valence-corrected chi connectivity index (χ3v) is 5.10. The number of carbonyl (C=O) groups is 2. The molecule has 2 amide bonds. The predicted octanol–water partition coefficient (Wildman–Crippen LogP) is 1.11. The van der Waals surface area contributed by atoms with Crippen molar-refractivity contribution in [1.29, 1.82) is 0 Å². The quantitative estimate of drug-likeness (QED) is 0.825. The Morgan fingerprint density at radius 2 is 2.17 bits per heavy atom. The van der Waals surface area contributed by atoms with Crippen LogP contribution in [-0.4, -0.2) is 70.7 Å². The first-order valence-electron chi connectivity index (χ1n) is 8.52. The molecule has 0 radical (unpaired) electrons. The smallest absolute Gasteiger partial charge is 0.255 e. The van der Waals surface area contributed by atoms with E-state index in [1.807, 2.05) is 9.80 Å². The molecule has 0 N–H and O–H groups in total. The fraction of sp³-hybridized carbons (Fsp3) is 0.647. The normalized spacial score (nSPS) is 24.5. The first-order valence-corrected chi connectivity index (χ1v) is 8.52. The van der Waals surface area contributed by atoms with Crippen LogP contribution in [0.1, 0.15) is 42.5 Å². The number of aromatic nitrogens is 2. The fourth-order valence-corrected chi connectivity index (χ4v) is 3.96. The molecule has 130 valence electrons. The van der Waals surface area contributed by atoms with Gasteiger partial charge in [0, 0.05) is 33.2 Å². The highest BCUT2D eigenvalue weighted by Crippen LogP contribution is 2.37. The van der Waals surface area contributed by atoms with Crippen molar-refractivity contribution in [3.05, 3.63) is 24.0 Å². The number of nitrogens with zero attached hydrogens (tertiary/aromatic N) is 4. The summed E-state index contributed by atoms with van der Waals surface area (Å²) in [5, 5.41) is 7.52. The van der Waals surface area contributed by atoms with E-state index in [1.54, 1.807) is 13.2 Å². The van der Waals surface area contributed by atoms with Crippen molar-refractivity contribution in [3.63, 3.8) is 0 Å². The lowest BCUT2D eigenvalue weighted by atomic mass is 9.79. The summed E-state index contributed by atoms with van der Waals surface area (Å²) < 4.78 is 5.18. The van der Waals surface area contributed by atoms with E-state index in [-0.39, 0.29) is 17.4 Å². The van der Waals surface area contributed by atoms with Crippen LogP contribution in [0.2, 0.25) is 0 Å². The molecule has 24 heavy (non-hydrogen) atoms. The average molecular weight is 332 g/mol. The molecular weight excluding hydrogens is 308 g/mol. The van der Waals surface area contributed by atoms with Gasteiger partial charge in [-0.2, -0.15) is 10.2 Å². The van der Waals surface area contributed by atoms with Crippen molar-refractivity contribution < 1.29 is 14.3 Å². The molecule has 2 aliphatic rings. The van der Waals surface area contributed by atoms with E-state index < -0.39 is 0 Å². The summed E-state index contributed by atoms with van der Waals surface area (Å²) in [4.78, 5) is 29.0. The van der Waals surface area contributed by atoms with E-state index in [1.165, 1.54) is 12.4 Å². The van der Waals surface area contributed by atoms with Gasteiger partial charge in [0.25, 0.3) is 5.91 Å². The van der Waals surface area contributed by atoms with Crippen LogP contribution in [0.4, 0.5) is 0 Å². The zero-order valence-electron chi connectivity index (χ0n) is 14.1. The van der Waals surface area contributed by atoms with Crippen molar-refractivity contribution >= 4 is 11.8 Å². The Balaban J connectivity index is 1.79. The Bertz CT molecular complexity index is 591. The predicted molar refractivity (Wildman–Crippen MR) is 87.3 cm³/mol. The van der Waals surface area contributed by atoms with Gasteiger partial charge in [0.15, 0.2) is 0 Å². The molecule has 2 saturated heterocycles. The van der Waals surface area contributed by atoms with Crippen molar-refractivity contribution in [2.24, 2.45) is 0 Å². The molecule has 0 saturated carbocycles. The highest BCUT2D eigenvalue weighted by atomic mass is 16.5. The SMILES string of the molecule is COCCN1C(=O)CCC[C@@]12CCCN(C(=O)c1ccnnc1)C2. The molecule has 0 unspecified atom stereocenters. The fourth-order valence-electron chi connectivity index (χ4n) is 3.96. The maximum absolute atomic E-state index is 12.8. The van der Waals surface area contributed by atoms with Gasteiger partial charge in [-0.1, -0.05) is 0 Å². The minimum atomic E-state index is -0.248. The zero-order valence-corrected chi connectivity index (χ0v) is 14.1. The first kappa shape index (κ1) is 16.8. The van der Waals surface area contributed by atoms with Crippen molar-refractivity contribution in [1.82, 2.24) is 20.0 Å². The zero-order chi connectivity index (χ0) is 17.0. The summed E-state index contributed by atoms with van der Waals surface area (Å²) >= 11 is 0. The molecule has 0 aromatic carbocycles. The standard InChI is InChI=1S/C17H24N4O3/c1-24-11-10-21-15(22)4-2-6-17(21)7-3-9-20(13-17)16(23)14-5-8-18-19-12-14/h5,8,12H,2-4,6-7,9-11,13H2,1H3/t17-/m0/s1. The number of hydrogen-bond donors (Lipinski definition) is 0. The number of amides is 2. The Labute approximate surface area is 142 Å². The van der Waals surface area contributed by atoms with Gasteiger partial charge in [0.2, 0.25) is 5.91 Å². The molecule has 1 aromatic heterocycles. The van der Waals surface area contributed by atoms with Gasteiger partial charge < -0.3 is 14.5 Å². The second-order valence-electron chi connectivity index (χ2n) is 6.58. The lowest BCUT2D eigenvalue weighted by Crippen LogP contribution is -2.63. The van der Waals surface area contributed by atoms with E-state index in [4.69, 9.17) is 4.74 Å². The third-order valence-electron chi connectivity index (χ3n) is 5.10. The molecule has 2 aliphatic heterocycles. The van der Waals surface area contributed by atoms with Crippen LogP contribution in [0.3, 0.4) is 0 Å². The van der Waals surface area contributed by atoms with E-state index in [9.17, 15) is 9.59 Å². The van der Waals surface area contributed by atoms with Gasteiger partial charge >= 0.3 is 0 Å². The summed E-state index contributed by atoms with van der Waals surface area (Å²) in [7, 11) is 1.65. The molecule has 2 fully saturated rings. The number of rotatable bonds is 4. The number of carbonyl (C=O) groups excluding carboxylic acids is 2. The summed E-state index contributed by atoms with van der Waals surface area (Å²) in [5.74, 6) is 0.145. The summed E-state index contributed by atoms with van der Waals surface area (Å²) in [6, 6.07) is 1.69. The third kappa shape index (κ3) is 3.26. The van der Waals surface area contributed by atoms with Gasteiger partial charge in [-0.05, 0) is 31.7 Å². The Kier molecular flexibility index (Phi) is 5.08. The molecule has 1 aromatic rings. The van der Waals surface area contributed by atoms with Crippen LogP contribution >= 0.6 is 0 Å². The number of piperidine rings is 2. The minimum Gasteiger partial charge on any atom is -0.383 e. The molecule has 0 bridgehead atoms. The first-order chi connectivity index (χ1) is 11.7. The Morgan fingerprint density at radius 1 is 1.33 bits per heavy atom. The lowest BCUT2D eigenvalue weighted by Gasteiger charge is -2.52. The molecule has 7 heteroatoms. The second-order valence-corrected chi connectivity index (χ2v) is 6.58.